The van der Waals surface area contributed by atoms with Crippen molar-refractivity contribution in [1.29, 1.82) is 0 Å². The number of anilines is 1. The van der Waals surface area contributed by atoms with E-state index in [0.29, 0.717) is 27.6 Å². The summed E-state index contributed by atoms with van der Waals surface area (Å²) >= 11 is 6.19. The first-order valence-corrected chi connectivity index (χ1v) is 15.3. The number of benzene rings is 3. The number of halogens is 4. The number of carbonyl (C=O) groups is 3. The summed E-state index contributed by atoms with van der Waals surface area (Å²) in [7, 11) is 1.49. The first kappa shape index (κ1) is 33.6. The molecule has 3 aromatic rings. The van der Waals surface area contributed by atoms with Crippen LogP contribution in [0, 0.1) is 5.92 Å². The maximum atomic E-state index is 14.9. The molecule has 3 aromatic carbocycles. The molecular weight excluding hydrogens is 637 g/mol. The molecule has 0 unspecified atom stereocenters. The monoisotopic (exact) mass is 668 g/mol. The van der Waals surface area contributed by atoms with E-state index < -0.39 is 47.2 Å². The van der Waals surface area contributed by atoms with E-state index in [-0.39, 0.29) is 42.3 Å². The molecule has 8 nitrogen and oxygen atoms in total. The van der Waals surface area contributed by atoms with Gasteiger partial charge in [0.05, 0.1) is 37.4 Å². The fourth-order valence-corrected chi connectivity index (χ4v) is 6.33. The van der Waals surface area contributed by atoms with Crippen LogP contribution in [0.2, 0.25) is 5.02 Å². The van der Waals surface area contributed by atoms with Crippen LogP contribution in [0.5, 0.6) is 5.75 Å². The van der Waals surface area contributed by atoms with Crippen molar-refractivity contribution < 1.29 is 41.8 Å². The maximum Gasteiger partial charge on any atom is 0.416 e. The van der Waals surface area contributed by atoms with Crippen molar-refractivity contribution >= 4 is 35.0 Å². The van der Waals surface area contributed by atoms with Gasteiger partial charge in [0.15, 0.2) is 5.78 Å². The summed E-state index contributed by atoms with van der Waals surface area (Å²) in [5, 5.41) is 0.400. The number of methoxy groups -OCH3 is 1. The number of ether oxygens (including phenoxy) is 3. The summed E-state index contributed by atoms with van der Waals surface area (Å²) in [4.78, 5) is 43.5. The minimum atomic E-state index is -4.60. The lowest BCUT2D eigenvalue weighted by Gasteiger charge is -2.44. The number of esters is 2. The second kappa shape index (κ2) is 13.5. The molecule has 0 spiro atoms. The second-order valence-corrected chi connectivity index (χ2v) is 11.4. The van der Waals surface area contributed by atoms with Gasteiger partial charge < -0.3 is 19.9 Å². The fraction of sp³-hybridized carbons (Fsp3) is 0.286. The van der Waals surface area contributed by atoms with Crippen LogP contribution < -0.4 is 15.4 Å². The van der Waals surface area contributed by atoms with Crippen molar-refractivity contribution in [1.82, 2.24) is 0 Å². The van der Waals surface area contributed by atoms with Crippen LogP contribution >= 0.6 is 11.6 Å². The van der Waals surface area contributed by atoms with Gasteiger partial charge in [-0.2, -0.15) is 13.2 Å². The third kappa shape index (κ3) is 6.44. The SMILES string of the molecule is CCOC(=O)C1=C(N)N(c2ccc(C(F)(F)F)cc2)C2=C(C(=O)[C@H](C(=O)OCC)[C@H](c3cccc(OC)c3)C2)[C@H]1c1ccc(Cl)cc1. The molecule has 246 valence electrons. The van der Waals surface area contributed by atoms with Gasteiger partial charge in [-0.1, -0.05) is 35.9 Å². The Kier molecular flexibility index (Phi) is 9.67. The van der Waals surface area contributed by atoms with Crippen molar-refractivity contribution in [2.75, 3.05) is 25.2 Å². The molecule has 0 saturated carbocycles. The Bertz CT molecular complexity index is 1750. The zero-order valence-electron chi connectivity index (χ0n) is 25.8. The fourth-order valence-electron chi connectivity index (χ4n) is 6.21. The Morgan fingerprint density at radius 2 is 1.62 bits per heavy atom. The largest absolute Gasteiger partial charge is 0.497 e. The summed E-state index contributed by atoms with van der Waals surface area (Å²) in [5.74, 6) is -5.05. The predicted octanol–water partition coefficient (Wildman–Crippen LogP) is 6.89. The number of rotatable bonds is 8. The van der Waals surface area contributed by atoms with Crippen molar-refractivity contribution in [3.8, 4) is 5.75 Å². The first-order valence-electron chi connectivity index (χ1n) is 14.9. The summed E-state index contributed by atoms with van der Waals surface area (Å²) in [6.07, 6.45) is -4.58. The van der Waals surface area contributed by atoms with Gasteiger partial charge in [0.1, 0.15) is 17.5 Å². The van der Waals surface area contributed by atoms with Crippen molar-refractivity contribution in [3.05, 3.63) is 117 Å². The van der Waals surface area contributed by atoms with Crippen LogP contribution in [0.25, 0.3) is 0 Å². The van der Waals surface area contributed by atoms with E-state index in [1.54, 1.807) is 62.4 Å². The minimum Gasteiger partial charge on any atom is -0.497 e. The highest BCUT2D eigenvalue weighted by atomic mass is 35.5. The average Bonchev–Trinajstić information content (AvgIpc) is 3.04. The Hall–Kier alpha value is -4.77. The van der Waals surface area contributed by atoms with Gasteiger partial charge in [0.25, 0.3) is 0 Å². The molecule has 0 saturated heterocycles. The van der Waals surface area contributed by atoms with Gasteiger partial charge in [-0.3, -0.25) is 14.5 Å². The van der Waals surface area contributed by atoms with Crippen molar-refractivity contribution in [3.63, 3.8) is 0 Å². The topological polar surface area (TPSA) is 108 Å². The number of nitrogens with zero attached hydrogens (tertiary/aromatic N) is 1. The number of carbonyl (C=O) groups excluding carboxylic acids is 3. The van der Waals surface area contributed by atoms with Crippen LogP contribution in [-0.4, -0.2) is 38.0 Å². The van der Waals surface area contributed by atoms with Gasteiger partial charge in [-0.25, -0.2) is 4.79 Å². The van der Waals surface area contributed by atoms with Crippen molar-refractivity contribution in [2.45, 2.75) is 38.3 Å². The van der Waals surface area contributed by atoms with Crippen LogP contribution in [0.4, 0.5) is 18.9 Å². The molecule has 5 rings (SSSR count). The Morgan fingerprint density at radius 3 is 2.21 bits per heavy atom. The molecule has 3 atom stereocenters. The number of hydrogen-bond acceptors (Lipinski definition) is 8. The highest BCUT2D eigenvalue weighted by Gasteiger charge is 2.51. The Labute approximate surface area is 274 Å². The second-order valence-electron chi connectivity index (χ2n) is 10.9. The molecule has 0 amide bonds. The third-order valence-corrected chi connectivity index (χ3v) is 8.50. The molecule has 1 aliphatic heterocycles. The van der Waals surface area contributed by atoms with Gasteiger partial charge in [-0.05, 0) is 79.9 Å². The normalized spacial score (nSPS) is 19.8. The number of alkyl halides is 3. The standard InChI is InChI=1S/C35H32ClF3N2O6/c1-4-46-33(43)28-25(20-7-6-8-24(17-20)45-3)18-26-29(31(28)42)27(19-9-13-22(36)14-10-19)30(34(44)47-5-2)32(40)41(26)23-15-11-21(12-16-23)35(37,38)39/h6-17,25,27-28H,4-5,18,40H2,1-3H3/t25-,27+,28+/m0/s1. The van der Waals surface area contributed by atoms with E-state index in [2.05, 4.69) is 0 Å². The van der Waals surface area contributed by atoms with Crippen LogP contribution in [0.3, 0.4) is 0 Å². The highest BCUT2D eigenvalue weighted by molar-refractivity contribution is 6.30. The number of allylic oxidation sites excluding steroid dienone is 2. The molecule has 2 N–H and O–H groups in total. The smallest absolute Gasteiger partial charge is 0.416 e. The highest BCUT2D eigenvalue weighted by Crippen LogP contribution is 2.52. The van der Waals surface area contributed by atoms with E-state index in [0.717, 1.165) is 12.1 Å². The van der Waals surface area contributed by atoms with E-state index in [1.165, 1.54) is 24.1 Å². The molecule has 12 heteroatoms. The van der Waals surface area contributed by atoms with E-state index in [9.17, 15) is 27.6 Å². The molecule has 1 heterocycles. The zero-order valence-corrected chi connectivity index (χ0v) is 26.5. The van der Waals surface area contributed by atoms with E-state index in [1.807, 2.05) is 0 Å². The van der Waals surface area contributed by atoms with Crippen LogP contribution in [0.15, 0.2) is 95.5 Å². The number of Topliss-reactive ketones (excluding diaryl/α,β-unsaturated/α-hetero) is 1. The number of nitrogens with two attached hydrogens (primary N) is 1. The summed E-state index contributed by atoms with van der Waals surface area (Å²) in [6, 6.07) is 17.6. The first-order chi connectivity index (χ1) is 22.4. The molecule has 2 aliphatic rings. The predicted molar refractivity (Wildman–Crippen MR) is 168 cm³/mol. The van der Waals surface area contributed by atoms with Gasteiger partial charge in [-0.15, -0.1) is 0 Å². The molecule has 47 heavy (non-hydrogen) atoms. The molecular formula is C35H32ClF3N2O6. The summed E-state index contributed by atoms with van der Waals surface area (Å²) < 4.78 is 56.8. The molecule has 0 aromatic heterocycles. The Balaban J connectivity index is 1.82. The third-order valence-electron chi connectivity index (χ3n) is 8.25. The quantitative estimate of drug-likeness (QED) is 0.204. The molecule has 0 radical (unpaired) electrons. The average molecular weight is 669 g/mol. The lowest BCUT2D eigenvalue weighted by molar-refractivity contribution is -0.152. The molecule has 0 fully saturated rings. The Morgan fingerprint density at radius 1 is 0.957 bits per heavy atom. The van der Waals surface area contributed by atoms with Crippen LogP contribution in [0.1, 0.15) is 48.8 Å². The number of hydrogen-bond donors (Lipinski definition) is 1. The van der Waals surface area contributed by atoms with Crippen molar-refractivity contribution in [2.24, 2.45) is 11.7 Å². The number of ketones is 1. The van der Waals surface area contributed by atoms with Gasteiger partial charge >= 0.3 is 18.1 Å². The summed E-state index contributed by atoms with van der Waals surface area (Å²) in [6.45, 7) is 3.22. The van der Waals surface area contributed by atoms with E-state index >= 15 is 0 Å². The minimum absolute atomic E-state index is 0.0125. The summed E-state index contributed by atoms with van der Waals surface area (Å²) in [5.41, 5.74) is 7.41. The molecule has 1 aliphatic carbocycles. The lowest BCUT2D eigenvalue weighted by Crippen LogP contribution is -2.46. The maximum absolute atomic E-state index is 14.9. The van der Waals surface area contributed by atoms with Gasteiger partial charge in [0, 0.05) is 27.9 Å². The van der Waals surface area contributed by atoms with Crippen LogP contribution in [-0.2, 0) is 30.0 Å². The zero-order chi connectivity index (χ0) is 34.0. The molecule has 0 bridgehead atoms. The van der Waals surface area contributed by atoms with Gasteiger partial charge in [0.2, 0.25) is 0 Å². The van der Waals surface area contributed by atoms with E-state index in [4.69, 9.17) is 31.5 Å². The lowest BCUT2D eigenvalue weighted by atomic mass is 9.67.